The predicted octanol–water partition coefficient (Wildman–Crippen LogP) is 3.36. The first-order valence-corrected chi connectivity index (χ1v) is 6.38. The number of pyridine rings is 2. The number of anilines is 1. The molecule has 0 aliphatic carbocycles. The highest BCUT2D eigenvalue weighted by Gasteiger charge is 2.06. The van der Waals surface area contributed by atoms with Gasteiger partial charge in [0.1, 0.15) is 5.82 Å². The quantitative estimate of drug-likeness (QED) is 0.551. The standard InChI is InChI=1S/C16H12N4/c17-16-4-2-11(8-19-16)10-1-3-12-13-9-18-6-5-14(13)20-15(12)7-10/h1-9,20H,(H2,17,19). The Labute approximate surface area is 115 Å². The molecule has 0 fully saturated rings. The van der Waals surface area contributed by atoms with Crippen LogP contribution in [0.15, 0.2) is 55.0 Å². The summed E-state index contributed by atoms with van der Waals surface area (Å²) in [7, 11) is 0. The molecule has 0 atom stereocenters. The van der Waals surface area contributed by atoms with Crippen molar-refractivity contribution in [2.75, 3.05) is 5.73 Å². The highest BCUT2D eigenvalue weighted by molar-refractivity contribution is 6.07. The Morgan fingerprint density at radius 2 is 1.75 bits per heavy atom. The maximum Gasteiger partial charge on any atom is 0.123 e. The Balaban J connectivity index is 1.94. The number of hydrogen-bond acceptors (Lipinski definition) is 3. The molecule has 96 valence electrons. The maximum atomic E-state index is 5.62. The number of H-pyrrole nitrogens is 1. The zero-order valence-corrected chi connectivity index (χ0v) is 10.7. The van der Waals surface area contributed by atoms with Crippen LogP contribution in [0.25, 0.3) is 32.9 Å². The van der Waals surface area contributed by atoms with Gasteiger partial charge in [-0.15, -0.1) is 0 Å². The smallest absolute Gasteiger partial charge is 0.123 e. The van der Waals surface area contributed by atoms with Crippen molar-refractivity contribution >= 4 is 27.6 Å². The minimum atomic E-state index is 0.534. The van der Waals surface area contributed by atoms with Gasteiger partial charge in [-0.2, -0.15) is 0 Å². The number of nitrogens with one attached hydrogen (secondary N) is 1. The predicted molar refractivity (Wildman–Crippen MR) is 81.2 cm³/mol. The number of fused-ring (bicyclic) bond motifs is 3. The zero-order valence-electron chi connectivity index (χ0n) is 10.7. The van der Waals surface area contributed by atoms with Crippen LogP contribution in [0.2, 0.25) is 0 Å². The lowest BCUT2D eigenvalue weighted by Gasteiger charge is -2.02. The molecule has 0 aliphatic heterocycles. The summed E-state index contributed by atoms with van der Waals surface area (Å²) in [6.07, 6.45) is 5.47. The average molecular weight is 260 g/mol. The summed E-state index contributed by atoms with van der Waals surface area (Å²) in [6, 6.07) is 12.1. The van der Waals surface area contributed by atoms with Gasteiger partial charge in [-0.25, -0.2) is 4.98 Å². The lowest BCUT2D eigenvalue weighted by Crippen LogP contribution is -1.88. The molecule has 20 heavy (non-hydrogen) atoms. The number of benzene rings is 1. The molecule has 0 radical (unpaired) electrons. The van der Waals surface area contributed by atoms with Crippen molar-refractivity contribution in [2.24, 2.45) is 0 Å². The second-order valence-electron chi connectivity index (χ2n) is 4.78. The number of nitrogen functional groups attached to an aromatic ring is 1. The van der Waals surface area contributed by atoms with Crippen LogP contribution in [-0.2, 0) is 0 Å². The van der Waals surface area contributed by atoms with Crippen LogP contribution in [0.1, 0.15) is 0 Å². The fourth-order valence-corrected chi connectivity index (χ4v) is 2.50. The number of nitrogens with two attached hydrogens (primary N) is 1. The van der Waals surface area contributed by atoms with Gasteiger partial charge >= 0.3 is 0 Å². The van der Waals surface area contributed by atoms with Crippen LogP contribution in [0.4, 0.5) is 5.82 Å². The second kappa shape index (κ2) is 4.06. The zero-order chi connectivity index (χ0) is 13.5. The van der Waals surface area contributed by atoms with Crippen molar-refractivity contribution in [1.29, 1.82) is 0 Å². The highest BCUT2D eigenvalue weighted by atomic mass is 14.8. The van der Waals surface area contributed by atoms with E-state index >= 15 is 0 Å². The highest BCUT2D eigenvalue weighted by Crippen LogP contribution is 2.28. The van der Waals surface area contributed by atoms with Crippen LogP contribution in [-0.4, -0.2) is 15.0 Å². The number of aromatic nitrogens is 3. The van der Waals surface area contributed by atoms with Crippen LogP contribution < -0.4 is 5.73 Å². The van der Waals surface area contributed by atoms with Crippen molar-refractivity contribution in [3.63, 3.8) is 0 Å². The van der Waals surface area contributed by atoms with Gasteiger partial charge in [0.25, 0.3) is 0 Å². The molecule has 3 heterocycles. The number of aromatic amines is 1. The third-order valence-corrected chi connectivity index (χ3v) is 3.52. The molecule has 0 aliphatic rings. The first kappa shape index (κ1) is 11.0. The molecular weight excluding hydrogens is 248 g/mol. The Hall–Kier alpha value is -2.88. The monoisotopic (exact) mass is 260 g/mol. The third-order valence-electron chi connectivity index (χ3n) is 3.52. The van der Waals surface area contributed by atoms with Crippen LogP contribution in [0, 0.1) is 0 Å². The molecule has 4 rings (SSSR count). The fourth-order valence-electron chi connectivity index (χ4n) is 2.50. The lowest BCUT2D eigenvalue weighted by atomic mass is 10.1. The van der Waals surface area contributed by atoms with Gasteiger partial charge in [0, 0.05) is 46.0 Å². The molecule has 3 N–H and O–H groups in total. The van der Waals surface area contributed by atoms with E-state index in [1.54, 1.807) is 12.4 Å². The Kier molecular flexibility index (Phi) is 2.23. The van der Waals surface area contributed by atoms with E-state index in [4.69, 9.17) is 5.73 Å². The van der Waals surface area contributed by atoms with E-state index in [0.717, 1.165) is 27.5 Å². The van der Waals surface area contributed by atoms with E-state index < -0.39 is 0 Å². The summed E-state index contributed by atoms with van der Waals surface area (Å²) >= 11 is 0. The van der Waals surface area contributed by atoms with Crippen molar-refractivity contribution < 1.29 is 0 Å². The topological polar surface area (TPSA) is 67.6 Å². The van der Waals surface area contributed by atoms with Crippen LogP contribution >= 0.6 is 0 Å². The van der Waals surface area contributed by atoms with Gasteiger partial charge in [0.05, 0.1) is 0 Å². The summed E-state index contributed by atoms with van der Waals surface area (Å²) in [5.74, 6) is 0.534. The number of rotatable bonds is 1. The summed E-state index contributed by atoms with van der Waals surface area (Å²) < 4.78 is 0. The van der Waals surface area contributed by atoms with Crippen molar-refractivity contribution in [1.82, 2.24) is 15.0 Å². The van der Waals surface area contributed by atoms with E-state index in [0.29, 0.717) is 5.82 Å². The summed E-state index contributed by atoms with van der Waals surface area (Å²) in [6.45, 7) is 0. The van der Waals surface area contributed by atoms with E-state index in [2.05, 4.69) is 33.2 Å². The first-order valence-electron chi connectivity index (χ1n) is 6.38. The van der Waals surface area contributed by atoms with Gasteiger partial charge in [-0.3, -0.25) is 4.98 Å². The Morgan fingerprint density at radius 1 is 0.850 bits per heavy atom. The third kappa shape index (κ3) is 1.62. The van der Waals surface area contributed by atoms with Crippen LogP contribution in [0.5, 0.6) is 0 Å². The summed E-state index contributed by atoms with van der Waals surface area (Å²) in [5.41, 5.74) is 9.99. The molecule has 0 saturated carbocycles. The number of nitrogens with zero attached hydrogens (tertiary/aromatic N) is 2. The number of hydrogen-bond donors (Lipinski definition) is 2. The fraction of sp³-hybridized carbons (Fsp3) is 0. The van der Waals surface area contributed by atoms with Crippen molar-refractivity contribution in [3.8, 4) is 11.1 Å². The lowest BCUT2D eigenvalue weighted by molar-refractivity contribution is 1.34. The van der Waals surface area contributed by atoms with E-state index in [1.807, 2.05) is 24.4 Å². The van der Waals surface area contributed by atoms with Gasteiger partial charge in [-0.05, 0) is 29.8 Å². The second-order valence-corrected chi connectivity index (χ2v) is 4.78. The van der Waals surface area contributed by atoms with Gasteiger partial charge < -0.3 is 10.7 Å². The Morgan fingerprint density at radius 3 is 2.60 bits per heavy atom. The van der Waals surface area contributed by atoms with Crippen molar-refractivity contribution in [2.45, 2.75) is 0 Å². The molecule has 4 heteroatoms. The summed E-state index contributed by atoms with van der Waals surface area (Å²) in [4.78, 5) is 11.7. The first-order chi connectivity index (χ1) is 9.81. The van der Waals surface area contributed by atoms with Crippen LogP contribution in [0.3, 0.4) is 0 Å². The van der Waals surface area contributed by atoms with Gasteiger partial charge in [0.15, 0.2) is 0 Å². The molecule has 0 bridgehead atoms. The largest absolute Gasteiger partial charge is 0.384 e. The molecule has 0 amide bonds. The van der Waals surface area contributed by atoms with Gasteiger partial charge in [-0.1, -0.05) is 12.1 Å². The molecular formula is C16H12N4. The molecule has 1 aromatic carbocycles. The molecule has 0 saturated heterocycles. The molecule has 4 nitrogen and oxygen atoms in total. The Bertz CT molecular complexity index is 907. The van der Waals surface area contributed by atoms with Crippen molar-refractivity contribution in [3.05, 3.63) is 55.0 Å². The van der Waals surface area contributed by atoms with E-state index in [1.165, 1.54) is 5.39 Å². The molecule has 0 unspecified atom stereocenters. The average Bonchev–Trinajstić information content (AvgIpc) is 2.85. The molecule has 3 aromatic heterocycles. The van der Waals surface area contributed by atoms with E-state index in [9.17, 15) is 0 Å². The SMILES string of the molecule is Nc1ccc(-c2ccc3c(c2)[nH]c2ccncc23)cn1. The maximum absolute atomic E-state index is 5.62. The van der Waals surface area contributed by atoms with E-state index in [-0.39, 0.29) is 0 Å². The summed E-state index contributed by atoms with van der Waals surface area (Å²) in [5, 5.41) is 2.32. The normalized spacial score (nSPS) is 11.2. The minimum Gasteiger partial charge on any atom is -0.384 e. The molecule has 0 spiro atoms. The molecule has 4 aromatic rings. The minimum absolute atomic E-state index is 0.534. The van der Waals surface area contributed by atoms with Gasteiger partial charge in [0.2, 0.25) is 0 Å².